The Bertz CT molecular complexity index is 575. The molecule has 1 aromatic rings. The van der Waals surface area contributed by atoms with E-state index in [4.69, 9.17) is 5.73 Å². The van der Waals surface area contributed by atoms with Gasteiger partial charge in [0.2, 0.25) is 0 Å². The molecule has 1 fully saturated rings. The highest BCUT2D eigenvalue weighted by molar-refractivity contribution is 7.91. The van der Waals surface area contributed by atoms with Gasteiger partial charge in [-0.3, -0.25) is 0 Å². The van der Waals surface area contributed by atoms with Crippen LogP contribution in [0.15, 0.2) is 29.2 Å². The first kappa shape index (κ1) is 15.4. The van der Waals surface area contributed by atoms with E-state index >= 15 is 0 Å². The number of hydrogen-bond acceptors (Lipinski definition) is 5. The molecular formula is C12H19N3O3S2. The summed E-state index contributed by atoms with van der Waals surface area (Å²) in [5.74, 6) is 0.420. The van der Waals surface area contributed by atoms with E-state index in [1.807, 2.05) is 0 Å². The van der Waals surface area contributed by atoms with E-state index in [0.29, 0.717) is 36.8 Å². The number of nitrogens with zero attached hydrogens (tertiary/aromatic N) is 1. The standard InChI is InChI=1S/C12H19N3O3S2/c13-11-3-1-2-4-12(11)19(16)14-5-6-15-7-9-20(17,18)10-8-15/h1-4,14H,5-10,13H2. The summed E-state index contributed by atoms with van der Waals surface area (Å²) >= 11 is 0. The predicted molar refractivity (Wildman–Crippen MR) is 80.4 cm³/mol. The number of nitrogens with two attached hydrogens (primary N) is 1. The molecule has 1 saturated heterocycles. The van der Waals surface area contributed by atoms with E-state index in [1.54, 1.807) is 24.3 Å². The Kier molecular flexibility index (Phi) is 5.14. The first-order valence-electron chi connectivity index (χ1n) is 6.40. The lowest BCUT2D eigenvalue weighted by molar-refractivity contribution is 0.301. The maximum absolute atomic E-state index is 12.0. The molecular weight excluding hydrogens is 298 g/mol. The van der Waals surface area contributed by atoms with Crippen molar-refractivity contribution in [3.05, 3.63) is 24.3 Å². The van der Waals surface area contributed by atoms with Gasteiger partial charge in [-0.05, 0) is 12.1 Å². The summed E-state index contributed by atoms with van der Waals surface area (Å²) < 4.78 is 37.5. The van der Waals surface area contributed by atoms with Crippen LogP contribution < -0.4 is 10.5 Å². The number of rotatable bonds is 5. The molecule has 2 rings (SSSR count). The molecule has 1 aliphatic heterocycles. The second-order valence-electron chi connectivity index (χ2n) is 4.69. The molecule has 1 atom stereocenters. The van der Waals surface area contributed by atoms with E-state index < -0.39 is 20.8 Å². The fraction of sp³-hybridized carbons (Fsp3) is 0.500. The van der Waals surface area contributed by atoms with Gasteiger partial charge in [-0.15, -0.1) is 0 Å². The van der Waals surface area contributed by atoms with E-state index in [2.05, 4.69) is 9.62 Å². The monoisotopic (exact) mass is 317 g/mol. The fourth-order valence-corrected chi connectivity index (χ4v) is 4.19. The van der Waals surface area contributed by atoms with E-state index in [0.717, 1.165) is 0 Å². The minimum absolute atomic E-state index is 0.210. The summed E-state index contributed by atoms with van der Waals surface area (Å²) in [5, 5.41) is 0. The van der Waals surface area contributed by atoms with Crippen molar-refractivity contribution < 1.29 is 12.6 Å². The highest BCUT2D eigenvalue weighted by atomic mass is 32.2. The lowest BCUT2D eigenvalue weighted by Crippen LogP contribution is -2.43. The average molecular weight is 317 g/mol. The van der Waals surface area contributed by atoms with Gasteiger partial charge >= 0.3 is 0 Å². The summed E-state index contributed by atoms with van der Waals surface area (Å²) in [4.78, 5) is 2.63. The van der Waals surface area contributed by atoms with Gasteiger partial charge < -0.3 is 10.6 Å². The minimum atomic E-state index is -2.84. The molecule has 20 heavy (non-hydrogen) atoms. The molecule has 1 aliphatic rings. The van der Waals surface area contributed by atoms with Crippen molar-refractivity contribution in [2.24, 2.45) is 0 Å². The highest BCUT2D eigenvalue weighted by Crippen LogP contribution is 2.13. The summed E-state index contributed by atoms with van der Waals surface area (Å²) in [5.41, 5.74) is 6.26. The normalized spacial score (nSPS) is 20.6. The third-order valence-electron chi connectivity index (χ3n) is 3.22. The lowest BCUT2D eigenvalue weighted by Gasteiger charge is -2.26. The summed E-state index contributed by atoms with van der Waals surface area (Å²) in [6, 6.07) is 7.03. The zero-order chi connectivity index (χ0) is 14.6. The fourth-order valence-electron chi connectivity index (χ4n) is 2.00. The number of para-hydroxylation sites is 1. The molecule has 6 nitrogen and oxygen atoms in total. The average Bonchev–Trinajstić information content (AvgIpc) is 2.41. The van der Waals surface area contributed by atoms with Crippen LogP contribution in [-0.4, -0.2) is 55.2 Å². The molecule has 0 bridgehead atoms. The SMILES string of the molecule is Nc1ccccc1S(=O)NCCN1CCS(=O)(=O)CC1. The largest absolute Gasteiger partial charge is 0.398 e. The van der Waals surface area contributed by atoms with Crippen molar-refractivity contribution in [2.75, 3.05) is 43.4 Å². The van der Waals surface area contributed by atoms with Crippen LogP contribution in [0.3, 0.4) is 0 Å². The van der Waals surface area contributed by atoms with Crippen molar-refractivity contribution in [2.45, 2.75) is 4.90 Å². The third kappa shape index (κ3) is 4.27. The second kappa shape index (κ2) is 6.66. The first-order chi connectivity index (χ1) is 9.48. The Morgan fingerprint density at radius 2 is 1.90 bits per heavy atom. The quantitative estimate of drug-likeness (QED) is 0.722. The molecule has 0 aliphatic carbocycles. The molecule has 0 aromatic heterocycles. The lowest BCUT2D eigenvalue weighted by atomic mass is 10.3. The van der Waals surface area contributed by atoms with Crippen molar-refractivity contribution in [3.8, 4) is 0 Å². The Balaban J connectivity index is 1.77. The summed E-state index contributed by atoms with van der Waals surface area (Å²) in [6.07, 6.45) is 0. The first-order valence-corrected chi connectivity index (χ1v) is 9.38. The van der Waals surface area contributed by atoms with Gasteiger partial charge in [0.25, 0.3) is 0 Å². The van der Waals surface area contributed by atoms with Gasteiger partial charge in [-0.1, -0.05) is 12.1 Å². The van der Waals surface area contributed by atoms with Crippen LogP contribution in [0.5, 0.6) is 0 Å². The molecule has 0 saturated carbocycles. The van der Waals surface area contributed by atoms with Gasteiger partial charge in [0.15, 0.2) is 9.84 Å². The minimum Gasteiger partial charge on any atom is -0.398 e. The van der Waals surface area contributed by atoms with Crippen molar-refractivity contribution >= 4 is 26.5 Å². The van der Waals surface area contributed by atoms with E-state index in [1.165, 1.54) is 0 Å². The van der Waals surface area contributed by atoms with Gasteiger partial charge in [-0.2, -0.15) is 0 Å². The maximum Gasteiger partial charge on any atom is 0.152 e. The third-order valence-corrected chi connectivity index (χ3v) is 6.06. The number of sulfone groups is 1. The Labute approximate surface area is 121 Å². The maximum atomic E-state index is 12.0. The van der Waals surface area contributed by atoms with Crippen LogP contribution in [-0.2, 0) is 20.8 Å². The van der Waals surface area contributed by atoms with Crippen molar-refractivity contribution in [1.29, 1.82) is 0 Å². The van der Waals surface area contributed by atoms with Crippen molar-refractivity contribution in [3.63, 3.8) is 0 Å². The molecule has 1 heterocycles. The van der Waals surface area contributed by atoms with E-state index in [9.17, 15) is 12.6 Å². The molecule has 0 spiro atoms. The number of nitrogen functional groups attached to an aromatic ring is 1. The Morgan fingerprint density at radius 3 is 2.55 bits per heavy atom. The van der Waals surface area contributed by atoms with E-state index in [-0.39, 0.29) is 11.5 Å². The highest BCUT2D eigenvalue weighted by Gasteiger charge is 2.21. The number of anilines is 1. The Morgan fingerprint density at radius 1 is 1.25 bits per heavy atom. The second-order valence-corrected chi connectivity index (χ2v) is 8.26. The molecule has 0 radical (unpaired) electrons. The van der Waals surface area contributed by atoms with Crippen LogP contribution in [0.25, 0.3) is 0 Å². The zero-order valence-electron chi connectivity index (χ0n) is 11.1. The Hall–Kier alpha value is -0.960. The number of benzene rings is 1. The molecule has 8 heteroatoms. The molecule has 1 unspecified atom stereocenters. The molecule has 3 N–H and O–H groups in total. The van der Waals surface area contributed by atoms with Crippen LogP contribution in [0.4, 0.5) is 5.69 Å². The van der Waals surface area contributed by atoms with Crippen LogP contribution >= 0.6 is 0 Å². The molecule has 1 aromatic carbocycles. The predicted octanol–water partition coefficient (Wildman–Crippen LogP) is -0.389. The van der Waals surface area contributed by atoms with Gasteiger partial charge in [0.1, 0.15) is 11.0 Å². The molecule has 112 valence electrons. The van der Waals surface area contributed by atoms with Crippen LogP contribution in [0.1, 0.15) is 0 Å². The summed E-state index contributed by atoms with van der Waals surface area (Å²) in [7, 11) is -4.18. The summed E-state index contributed by atoms with van der Waals surface area (Å²) in [6.45, 7) is 2.29. The van der Waals surface area contributed by atoms with Gasteiger partial charge in [0.05, 0.1) is 16.4 Å². The van der Waals surface area contributed by atoms with Gasteiger partial charge in [-0.25, -0.2) is 17.3 Å². The number of hydrogen-bond donors (Lipinski definition) is 2. The smallest absolute Gasteiger partial charge is 0.152 e. The zero-order valence-corrected chi connectivity index (χ0v) is 12.8. The number of nitrogens with one attached hydrogen (secondary N) is 1. The molecule has 0 amide bonds. The van der Waals surface area contributed by atoms with Crippen LogP contribution in [0.2, 0.25) is 0 Å². The topological polar surface area (TPSA) is 92.5 Å². The van der Waals surface area contributed by atoms with Crippen molar-refractivity contribution in [1.82, 2.24) is 9.62 Å². The van der Waals surface area contributed by atoms with Gasteiger partial charge in [0, 0.05) is 31.9 Å². The van der Waals surface area contributed by atoms with Crippen LogP contribution in [0, 0.1) is 0 Å².